The van der Waals surface area contributed by atoms with Crippen LogP contribution in [-0.2, 0) is 6.42 Å². The molecular weight excluding hydrogens is 278 g/mol. The van der Waals surface area contributed by atoms with Crippen LogP contribution in [0.1, 0.15) is 40.6 Å². The summed E-state index contributed by atoms with van der Waals surface area (Å²) < 4.78 is 0. The fraction of sp³-hybridized carbons (Fsp3) is 0.286. The highest BCUT2D eigenvalue weighted by Gasteiger charge is 2.23. The summed E-state index contributed by atoms with van der Waals surface area (Å²) in [7, 11) is 0. The normalized spacial score (nSPS) is 17.6. The number of hydrogen-bond donors (Lipinski definition) is 3. The van der Waals surface area contributed by atoms with Gasteiger partial charge in [-0.05, 0) is 37.0 Å². The van der Waals surface area contributed by atoms with E-state index >= 15 is 0 Å². The Balaban J connectivity index is 1.83. The van der Waals surface area contributed by atoms with Crippen LogP contribution in [0.2, 0.25) is 5.02 Å². The highest BCUT2D eigenvalue weighted by Crippen LogP contribution is 2.27. The van der Waals surface area contributed by atoms with Crippen LogP contribution < -0.4 is 10.9 Å². The molecular formula is C14H14ClN3O2. The molecule has 0 saturated heterocycles. The van der Waals surface area contributed by atoms with Gasteiger partial charge in [-0.25, -0.2) is 0 Å². The third-order valence-corrected chi connectivity index (χ3v) is 3.75. The van der Waals surface area contributed by atoms with Gasteiger partial charge in [-0.15, -0.1) is 0 Å². The zero-order chi connectivity index (χ0) is 14.1. The second kappa shape index (κ2) is 5.17. The van der Waals surface area contributed by atoms with Crippen molar-refractivity contribution in [2.45, 2.75) is 25.3 Å². The first-order chi connectivity index (χ1) is 9.63. The van der Waals surface area contributed by atoms with E-state index in [0.717, 1.165) is 30.5 Å². The fourth-order valence-electron chi connectivity index (χ4n) is 2.59. The molecule has 1 aliphatic rings. The van der Waals surface area contributed by atoms with Crippen molar-refractivity contribution >= 4 is 17.5 Å². The highest BCUT2D eigenvalue weighted by atomic mass is 35.5. The van der Waals surface area contributed by atoms with Crippen molar-refractivity contribution in [3.05, 3.63) is 56.7 Å². The van der Waals surface area contributed by atoms with Gasteiger partial charge in [-0.1, -0.05) is 11.6 Å². The molecule has 0 spiro atoms. The van der Waals surface area contributed by atoms with Crippen LogP contribution in [0.5, 0.6) is 0 Å². The first-order valence-electron chi connectivity index (χ1n) is 6.50. The molecule has 3 rings (SSSR count). The van der Waals surface area contributed by atoms with E-state index in [2.05, 4.69) is 15.3 Å². The van der Waals surface area contributed by atoms with E-state index in [1.807, 2.05) is 0 Å². The smallest absolute Gasteiger partial charge is 0.268 e. The van der Waals surface area contributed by atoms with Gasteiger partial charge in [0.25, 0.3) is 5.91 Å². The Labute approximate surface area is 120 Å². The molecule has 1 aliphatic carbocycles. The van der Waals surface area contributed by atoms with E-state index in [1.165, 1.54) is 6.07 Å². The van der Waals surface area contributed by atoms with Gasteiger partial charge >= 0.3 is 0 Å². The van der Waals surface area contributed by atoms with Crippen molar-refractivity contribution in [2.24, 2.45) is 0 Å². The minimum absolute atomic E-state index is 0.0785. The molecule has 6 heteroatoms. The van der Waals surface area contributed by atoms with Crippen molar-refractivity contribution in [2.75, 3.05) is 0 Å². The number of amides is 1. The van der Waals surface area contributed by atoms with Crippen molar-refractivity contribution in [1.29, 1.82) is 0 Å². The summed E-state index contributed by atoms with van der Waals surface area (Å²) in [6, 6.07) is 4.80. The van der Waals surface area contributed by atoms with Crippen molar-refractivity contribution < 1.29 is 4.79 Å². The number of H-pyrrole nitrogens is 2. The number of aromatic nitrogens is 2. The molecule has 104 valence electrons. The summed E-state index contributed by atoms with van der Waals surface area (Å²) in [6.45, 7) is 0. The summed E-state index contributed by atoms with van der Waals surface area (Å²) in [5, 5.41) is 3.48. The van der Waals surface area contributed by atoms with E-state index in [9.17, 15) is 9.59 Å². The second-order valence-electron chi connectivity index (χ2n) is 4.91. The topological polar surface area (TPSA) is 77.8 Å². The molecule has 0 unspecified atom stereocenters. The average Bonchev–Trinajstić information content (AvgIpc) is 2.85. The predicted molar refractivity (Wildman–Crippen MR) is 76.0 cm³/mol. The lowest BCUT2D eigenvalue weighted by molar-refractivity contribution is 0.0928. The number of aromatic amines is 2. The van der Waals surface area contributed by atoms with Gasteiger partial charge in [0, 0.05) is 18.0 Å². The molecule has 0 radical (unpaired) electrons. The Kier molecular flexibility index (Phi) is 3.36. The lowest BCUT2D eigenvalue weighted by atomic mass is 9.91. The summed E-state index contributed by atoms with van der Waals surface area (Å²) >= 11 is 5.79. The maximum Gasteiger partial charge on any atom is 0.268 e. The third kappa shape index (κ3) is 2.49. The number of halogens is 1. The molecule has 2 aromatic rings. The van der Waals surface area contributed by atoms with Crippen molar-refractivity contribution in [3.63, 3.8) is 0 Å². The number of fused-ring (bicyclic) bond motifs is 1. The SMILES string of the molecule is O=C(N[C@H]1CCCc2[nH]c(=O)ccc21)c1cc(Cl)c[nH]1. The number of carbonyl (C=O) groups excluding carboxylic acids is 1. The molecule has 0 fully saturated rings. The lowest BCUT2D eigenvalue weighted by Crippen LogP contribution is -2.32. The van der Waals surface area contributed by atoms with Gasteiger partial charge in [0.05, 0.1) is 11.1 Å². The molecule has 0 aliphatic heterocycles. The van der Waals surface area contributed by atoms with E-state index in [4.69, 9.17) is 11.6 Å². The standard InChI is InChI=1S/C14H14ClN3O2/c15-8-6-12(16-7-8)14(20)18-11-3-1-2-10-9(11)4-5-13(19)17-10/h4-7,11,16H,1-3H2,(H,17,19)(H,18,20)/t11-/m0/s1. The molecule has 0 aromatic carbocycles. The van der Waals surface area contributed by atoms with Gasteiger partial charge in [0.2, 0.25) is 5.56 Å². The van der Waals surface area contributed by atoms with Crippen molar-refractivity contribution in [3.8, 4) is 0 Å². The van der Waals surface area contributed by atoms with Gasteiger partial charge in [0.1, 0.15) is 5.69 Å². The Morgan fingerprint density at radius 3 is 3.00 bits per heavy atom. The number of hydrogen-bond acceptors (Lipinski definition) is 2. The predicted octanol–water partition coefficient (Wildman–Crippen LogP) is 2.16. The maximum absolute atomic E-state index is 12.1. The van der Waals surface area contributed by atoms with E-state index in [0.29, 0.717) is 10.7 Å². The fourth-order valence-corrected chi connectivity index (χ4v) is 2.75. The van der Waals surface area contributed by atoms with Crippen LogP contribution in [0.3, 0.4) is 0 Å². The molecule has 3 N–H and O–H groups in total. The second-order valence-corrected chi connectivity index (χ2v) is 5.34. The van der Waals surface area contributed by atoms with Crippen LogP contribution in [0.4, 0.5) is 0 Å². The van der Waals surface area contributed by atoms with Gasteiger partial charge in [-0.2, -0.15) is 0 Å². The molecule has 2 heterocycles. The molecule has 1 amide bonds. The van der Waals surface area contributed by atoms with E-state index in [-0.39, 0.29) is 17.5 Å². The van der Waals surface area contributed by atoms with E-state index in [1.54, 1.807) is 18.3 Å². The lowest BCUT2D eigenvalue weighted by Gasteiger charge is -2.25. The first kappa shape index (κ1) is 13.0. The van der Waals surface area contributed by atoms with Crippen molar-refractivity contribution in [1.82, 2.24) is 15.3 Å². The Morgan fingerprint density at radius 2 is 2.25 bits per heavy atom. The Morgan fingerprint density at radius 1 is 1.40 bits per heavy atom. The number of carbonyl (C=O) groups is 1. The third-order valence-electron chi connectivity index (χ3n) is 3.53. The largest absolute Gasteiger partial charge is 0.356 e. The van der Waals surface area contributed by atoms with Crippen LogP contribution in [0.15, 0.2) is 29.2 Å². The quantitative estimate of drug-likeness (QED) is 0.793. The highest BCUT2D eigenvalue weighted by molar-refractivity contribution is 6.30. The van der Waals surface area contributed by atoms with Crippen LogP contribution in [0, 0.1) is 0 Å². The summed E-state index contributed by atoms with van der Waals surface area (Å²) in [5.41, 5.74) is 2.24. The van der Waals surface area contributed by atoms with E-state index < -0.39 is 0 Å². The van der Waals surface area contributed by atoms with Gasteiger partial charge < -0.3 is 15.3 Å². The average molecular weight is 292 g/mol. The molecule has 2 aromatic heterocycles. The Bertz CT molecular complexity index is 704. The molecule has 1 atom stereocenters. The minimum atomic E-state index is -0.194. The summed E-state index contributed by atoms with van der Waals surface area (Å²) in [6.07, 6.45) is 4.21. The van der Waals surface area contributed by atoms with Crippen LogP contribution in [-0.4, -0.2) is 15.9 Å². The molecule has 0 bridgehead atoms. The van der Waals surface area contributed by atoms with Gasteiger partial charge in [-0.3, -0.25) is 9.59 Å². The maximum atomic E-state index is 12.1. The minimum Gasteiger partial charge on any atom is -0.356 e. The summed E-state index contributed by atoms with van der Waals surface area (Å²) in [5.74, 6) is -0.194. The Hall–Kier alpha value is -2.01. The van der Waals surface area contributed by atoms with Crippen LogP contribution in [0.25, 0.3) is 0 Å². The van der Waals surface area contributed by atoms with Gasteiger partial charge in [0.15, 0.2) is 0 Å². The molecule has 0 saturated carbocycles. The number of nitrogens with one attached hydrogen (secondary N) is 3. The first-order valence-corrected chi connectivity index (χ1v) is 6.88. The zero-order valence-electron chi connectivity index (χ0n) is 10.7. The summed E-state index contributed by atoms with van der Waals surface area (Å²) in [4.78, 5) is 29.1. The van der Waals surface area contributed by atoms with Crippen LogP contribution >= 0.6 is 11.6 Å². The monoisotopic (exact) mass is 291 g/mol. The zero-order valence-corrected chi connectivity index (χ0v) is 11.5. The number of rotatable bonds is 2. The number of pyridine rings is 1. The molecule has 5 nitrogen and oxygen atoms in total. The number of aryl methyl sites for hydroxylation is 1. The molecule has 20 heavy (non-hydrogen) atoms.